The maximum Gasteiger partial charge on any atom is 0.322 e. The van der Waals surface area contributed by atoms with Crippen molar-refractivity contribution in [2.45, 2.75) is 158 Å². The van der Waals surface area contributed by atoms with Crippen LogP contribution in [0.25, 0.3) is 21.8 Å². The summed E-state index contributed by atoms with van der Waals surface area (Å²) in [7, 11) is 0. The van der Waals surface area contributed by atoms with Gasteiger partial charge in [-0.1, -0.05) is 68.8 Å². The van der Waals surface area contributed by atoms with Gasteiger partial charge in [0.15, 0.2) is 0 Å². The van der Waals surface area contributed by atoms with Crippen LogP contribution in [0.5, 0.6) is 5.75 Å². The first-order valence-electron chi connectivity index (χ1n) is 34.6. The van der Waals surface area contributed by atoms with Crippen molar-refractivity contribution in [3.63, 3.8) is 0 Å². The number of carboxylic acid groups (broad SMARTS) is 1. The Morgan fingerprint density at radius 1 is 0.462 bits per heavy atom. The maximum absolute atomic E-state index is 14.7. The van der Waals surface area contributed by atoms with Crippen molar-refractivity contribution in [1.82, 2.24) is 73.8 Å². The van der Waals surface area contributed by atoms with Crippen LogP contribution in [0.1, 0.15) is 88.8 Å². The molecular formula is C69H99N19O18. The number of rotatable bonds is 46. The predicted molar refractivity (Wildman–Crippen MR) is 385 cm³/mol. The minimum Gasteiger partial charge on any atom is -0.508 e. The van der Waals surface area contributed by atoms with Crippen LogP contribution in [0.4, 0.5) is 0 Å². The number of fused-ring (bicyclic) bond motifs is 2. The molecular weight excluding hydrogens is 1380 g/mol. The number of hydrogen-bond donors (Lipinski definition) is 23. The second-order valence-corrected chi connectivity index (χ2v) is 25.4. The number of aliphatic hydroxyl groups excluding tert-OH is 2. The Hall–Kier alpha value is -11.1. The van der Waals surface area contributed by atoms with Crippen molar-refractivity contribution < 1.29 is 87.5 Å². The number of benzene rings is 3. The smallest absolute Gasteiger partial charge is 0.322 e. The van der Waals surface area contributed by atoms with Crippen LogP contribution in [0.2, 0.25) is 0 Å². The van der Waals surface area contributed by atoms with E-state index in [2.05, 4.69) is 68.5 Å². The lowest BCUT2D eigenvalue weighted by Gasteiger charge is -2.30. The van der Waals surface area contributed by atoms with E-state index >= 15 is 0 Å². The zero-order chi connectivity index (χ0) is 78.2. The number of carbonyl (C=O) groups is 14. The molecule has 0 unspecified atom stereocenters. The molecule has 28 N–H and O–H groups in total. The van der Waals surface area contributed by atoms with Gasteiger partial charge >= 0.3 is 5.97 Å². The molecule has 37 heteroatoms. The number of carbonyl (C=O) groups excluding carboxylic acids is 13. The van der Waals surface area contributed by atoms with Crippen molar-refractivity contribution in [1.29, 1.82) is 0 Å². The van der Waals surface area contributed by atoms with E-state index in [4.69, 9.17) is 33.8 Å². The number of nitrogens with one attached hydrogen (secondary N) is 14. The number of phenols is 1. The molecule has 0 aliphatic heterocycles. The Morgan fingerprint density at radius 2 is 0.868 bits per heavy atom. The Kier molecular flexibility index (Phi) is 34.9. The van der Waals surface area contributed by atoms with Gasteiger partial charge in [-0.3, -0.25) is 67.1 Å². The lowest BCUT2D eigenvalue weighted by atomic mass is 9.96. The highest BCUT2D eigenvalue weighted by atomic mass is 16.4. The molecule has 5 aromatic rings. The SMILES string of the molecule is CC[C@H](C)[C@H](NC(=O)[C@@H](NC(=O)[C@H](Cc1c[nH]c2ccccc12)NC(=O)[C@@H](CCCN)NC(=O)CNC(=O)[C@H](CCCN)NC(=O)[C@@H](CCCN)NC(=O)[C@@H](Cc1c[nH]c2ccccc12)NC(=O)[C@@H](Cc1ccc(O)cc1)NC(=O)[C@@H](N)CO)[C@@H](C)O)C(=O)N[C@@H](CC(N)=O)C(=O)NCC(=O)NCC(=O)O. The molecule has 3 aromatic carbocycles. The number of aromatic amines is 2. The van der Waals surface area contributed by atoms with Gasteiger partial charge in [-0.2, -0.15) is 0 Å². The van der Waals surface area contributed by atoms with Crippen molar-refractivity contribution in [3.05, 3.63) is 102 Å². The summed E-state index contributed by atoms with van der Waals surface area (Å²) in [4.78, 5) is 196. The van der Waals surface area contributed by atoms with Gasteiger partial charge in [0.05, 0.1) is 32.2 Å². The van der Waals surface area contributed by atoms with E-state index in [1.807, 2.05) is 5.32 Å². The normalized spacial score (nSPS) is 14.6. The largest absolute Gasteiger partial charge is 0.508 e. The van der Waals surface area contributed by atoms with Crippen LogP contribution in [0.15, 0.2) is 85.2 Å². The number of aromatic hydroxyl groups is 1. The first-order valence-corrected chi connectivity index (χ1v) is 34.6. The molecule has 578 valence electrons. The predicted octanol–water partition coefficient (Wildman–Crippen LogP) is -5.98. The van der Waals surface area contributed by atoms with E-state index in [0.717, 1.165) is 6.92 Å². The van der Waals surface area contributed by atoms with Gasteiger partial charge in [-0.05, 0) is 112 Å². The number of hydrogen-bond acceptors (Lipinski definition) is 21. The lowest BCUT2D eigenvalue weighted by molar-refractivity contribution is -0.138. The Balaban J connectivity index is 1.34. The van der Waals surface area contributed by atoms with Crippen molar-refractivity contribution in [2.24, 2.45) is 34.6 Å². The number of H-pyrrole nitrogens is 2. The molecule has 0 bridgehead atoms. The number of aromatic nitrogens is 2. The highest BCUT2D eigenvalue weighted by Crippen LogP contribution is 2.22. The summed E-state index contributed by atoms with van der Waals surface area (Å²) in [5, 5.41) is 70.6. The minimum absolute atomic E-state index is 0.0168. The molecule has 5 rings (SSSR count). The zero-order valence-electron chi connectivity index (χ0n) is 59.1. The summed E-state index contributed by atoms with van der Waals surface area (Å²) >= 11 is 0. The minimum atomic E-state index is -1.85. The highest BCUT2D eigenvalue weighted by Gasteiger charge is 2.38. The molecule has 0 saturated carbocycles. The van der Waals surface area contributed by atoms with Gasteiger partial charge in [0.2, 0.25) is 76.8 Å². The average Bonchev–Trinajstić information content (AvgIpc) is 1.69. The molecule has 0 spiro atoms. The summed E-state index contributed by atoms with van der Waals surface area (Å²) in [5.74, 6) is -14.7. The van der Waals surface area contributed by atoms with E-state index in [0.29, 0.717) is 38.5 Å². The Labute approximate surface area is 609 Å². The quantitative estimate of drug-likeness (QED) is 0.0172. The Bertz CT molecular complexity index is 3850. The van der Waals surface area contributed by atoms with E-state index in [9.17, 15) is 82.4 Å². The third-order valence-corrected chi connectivity index (χ3v) is 17.2. The molecule has 0 saturated heterocycles. The molecule has 2 aromatic heterocycles. The monoisotopic (exact) mass is 1480 g/mol. The van der Waals surface area contributed by atoms with Gasteiger partial charge in [0, 0.05) is 53.5 Å². The number of amides is 13. The standard InChI is InChI=1S/C69H99N19O18/c1-4-36(2)58(68(105)86-53(29-54(74)92)62(99)78-32-55(93)77-34-57(95)96)87-69(106)59(37(3)90)88-67(104)52(28-40-31-76-46-15-8-6-13-43(40)46)84-63(100)48(17-10-24-71)80-56(94)33-79-61(98)47(16-9-23-70)81-64(101)49(18-11-25-72)82-66(103)51(27-39-30-75-45-14-7-5-12-42(39)45)85-65(102)50(83-60(97)44(73)35-89)26-38-19-21-41(91)22-20-38/h5-8,12-15,19-22,30-31,36-37,44,47-53,58-59,75-76,89-91H,4,9-11,16-18,23-29,32-35,70-73H2,1-3H3,(H2,74,92)(H,77,93)(H,78,99)(H,79,98)(H,80,94)(H,81,101)(H,82,103)(H,83,97)(H,84,100)(H,85,102)(H,86,105)(H,87,106)(H,88,104)(H,95,96)/t36-,37+,44-,47-,48+,49+,50+,51+,52-,53-,58-,59-/m0/s1. The van der Waals surface area contributed by atoms with Crippen LogP contribution in [0.3, 0.4) is 0 Å². The number of aliphatic hydroxyl groups is 2. The number of nitrogens with two attached hydrogens (primary N) is 5. The van der Waals surface area contributed by atoms with Crippen molar-refractivity contribution >= 4 is 105 Å². The van der Waals surface area contributed by atoms with E-state index in [1.165, 1.54) is 24.3 Å². The molecule has 37 nitrogen and oxygen atoms in total. The zero-order valence-corrected chi connectivity index (χ0v) is 59.1. The van der Waals surface area contributed by atoms with Crippen LogP contribution in [-0.2, 0) is 86.4 Å². The van der Waals surface area contributed by atoms with E-state index in [1.54, 1.807) is 74.8 Å². The van der Waals surface area contributed by atoms with Crippen molar-refractivity contribution in [3.8, 4) is 5.75 Å². The summed E-state index contributed by atoms with van der Waals surface area (Å²) < 4.78 is 0. The summed E-state index contributed by atoms with van der Waals surface area (Å²) in [6.45, 7) is 1.39. The molecule has 13 amide bonds. The topological polar surface area (TPSA) is 626 Å². The first-order chi connectivity index (χ1) is 50.5. The number of aliphatic carboxylic acids is 1. The van der Waals surface area contributed by atoms with E-state index < -0.39 is 188 Å². The van der Waals surface area contributed by atoms with Gasteiger partial charge in [-0.25, -0.2) is 0 Å². The fraction of sp³-hybridized carbons (Fsp3) is 0.478. The van der Waals surface area contributed by atoms with Gasteiger partial charge in [-0.15, -0.1) is 0 Å². The van der Waals surface area contributed by atoms with Crippen LogP contribution >= 0.6 is 0 Å². The third-order valence-electron chi connectivity index (χ3n) is 17.2. The average molecular weight is 1480 g/mol. The van der Waals surface area contributed by atoms with Crippen LogP contribution in [-0.4, -0.2) is 226 Å². The fourth-order valence-electron chi connectivity index (χ4n) is 11.1. The second kappa shape index (κ2) is 43.2. The second-order valence-electron chi connectivity index (χ2n) is 25.4. The number of primary amides is 1. The Morgan fingerprint density at radius 3 is 1.34 bits per heavy atom. The molecule has 2 heterocycles. The number of phenolic OH excluding ortho intramolecular Hbond substituents is 1. The fourth-order valence-corrected chi connectivity index (χ4v) is 11.1. The van der Waals surface area contributed by atoms with Crippen LogP contribution in [0, 0.1) is 5.92 Å². The summed E-state index contributed by atoms with van der Waals surface area (Å²) in [6.07, 6.45) is 0.515. The number of para-hydroxylation sites is 2. The lowest BCUT2D eigenvalue weighted by Crippen LogP contribution is -2.62. The third kappa shape index (κ3) is 27.2. The summed E-state index contributed by atoms with van der Waals surface area (Å²) in [5.41, 5.74) is 31.7. The molecule has 0 aliphatic carbocycles. The highest BCUT2D eigenvalue weighted by molar-refractivity contribution is 6.00. The molecule has 0 radical (unpaired) electrons. The van der Waals surface area contributed by atoms with Gasteiger partial charge < -0.3 is 123 Å². The van der Waals surface area contributed by atoms with Gasteiger partial charge in [0.1, 0.15) is 72.7 Å². The first kappa shape index (κ1) is 85.5. The maximum atomic E-state index is 14.7. The molecule has 106 heavy (non-hydrogen) atoms. The molecule has 0 fully saturated rings. The van der Waals surface area contributed by atoms with Crippen LogP contribution < -0.4 is 92.5 Å². The number of carboxylic acids is 1. The van der Waals surface area contributed by atoms with Gasteiger partial charge in [0.25, 0.3) is 0 Å². The van der Waals surface area contributed by atoms with Crippen molar-refractivity contribution in [2.75, 3.05) is 45.9 Å². The summed E-state index contributed by atoms with van der Waals surface area (Å²) in [6, 6.07) is 4.66. The molecule has 0 aliphatic rings. The van der Waals surface area contributed by atoms with E-state index in [-0.39, 0.29) is 89.6 Å². The molecule has 12 atom stereocenters.